The summed E-state index contributed by atoms with van der Waals surface area (Å²) in [7, 11) is 3.11. The standard InChI is InChI=1S/C20H19NO4/c1-23-15-10-11-19(24-2)17(12-15)21-20(22)13-25-18-9-5-7-14-6-3-4-8-16(14)18/h3-12H,13H2,1-2H3,(H,21,22). The molecule has 0 aliphatic carbocycles. The van der Waals surface area contributed by atoms with Crippen molar-refractivity contribution in [1.82, 2.24) is 0 Å². The molecule has 0 fully saturated rings. The Labute approximate surface area is 146 Å². The number of hydrogen-bond donors (Lipinski definition) is 1. The van der Waals surface area contributed by atoms with Crippen LogP contribution in [0.4, 0.5) is 5.69 Å². The molecule has 3 rings (SSSR count). The Morgan fingerprint density at radius 1 is 0.920 bits per heavy atom. The molecule has 5 nitrogen and oxygen atoms in total. The van der Waals surface area contributed by atoms with Crippen molar-refractivity contribution in [2.24, 2.45) is 0 Å². The van der Waals surface area contributed by atoms with E-state index < -0.39 is 0 Å². The van der Waals surface area contributed by atoms with Crippen LogP contribution in [0.1, 0.15) is 0 Å². The third-order valence-electron chi connectivity index (χ3n) is 3.79. The first kappa shape index (κ1) is 16.6. The molecule has 0 heterocycles. The van der Waals surface area contributed by atoms with Crippen LogP contribution in [0.5, 0.6) is 17.2 Å². The number of fused-ring (bicyclic) bond motifs is 1. The lowest BCUT2D eigenvalue weighted by molar-refractivity contribution is -0.118. The molecule has 128 valence electrons. The van der Waals surface area contributed by atoms with E-state index in [9.17, 15) is 4.79 Å². The minimum absolute atomic E-state index is 0.103. The molecule has 0 atom stereocenters. The number of benzene rings is 3. The average Bonchev–Trinajstić information content (AvgIpc) is 2.66. The van der Waals surface area contributed by atoms with Crippen LogP contribution in [0.15, 0.2) is 60.7 Å². The second kappa shape index (κ2) is 7.57. The number of amides is 1. The highest BCUT2D eigenvalue weighted by Gasteiger charge is 2.10. The van der Waals surface area contributed by atoms with Gasteiger partial charge in [-0.2, -0.15) is 0 Å². The van der Waals surface area contributed by atoms with Gasteiger partial charge in [0.05, 0.1) is 19.9 Å². The lowest BCUT2D eigenvalue weighted by Gasteiger charge is -2.13. The number of carbonyl (C=O) groups is 1. The monoisotopic (exact) mass is 337 g/mol. The van der Waals surface area contributed by atoms with Crippen LogP contribution in [-0.4, -0.2) is 26.7 Å². The quantitative estimate of drug-likeness (QED) is 0.742. The lowest BCUT2D eigenvalue weighted by atomic mass is 10.1. The number of nitrogens with one attached hydrogen (secondary N) is 1. The molecule has 1 N–H and O–H groups in total. The number of carbonyl (C=O) groups excluding carboxylic acids is 1. The van der Waals surface area contributed by atoms with Crippen LogP contribution in [-0.2, 0) is 4.79 Å². The average molecular weight is 337 g/mol. The summed E-state index contributed by atoms with van der Waals surface area (Å²) in [4.78, 5) is 12.3. The van der Waals surface area contributed by atoms with E-state index in [1.807, 2.05) is 42.5 Å². The molecule has 3 aromatic rings. The third kappa shape index (κ3) is 3.83. The first-order valence-electron chi connectivity index (χ1n) is 7.83. The van der Waals surface area contributed by atoms with Gasteiger partial charge in [0.25, 0.3) is 5.91 Å². The summed E-state index contributed by atoms with van der Waals surface area (Å²) in [6.07, 6.45) is 0. The minimum Gasteiger partial charge on any atom is -0.497 e. The lowest BCUT2D eigenvalue weighted by Crippen LogP contribution is -2.20. The van der Waals surface area contributed by atoms with Crippen molar-refractivity contribution in [3.63, 3.8) is 0 Å². The molecule has 1 amide bonds. The fourth-order valence-electron chi connectivity index (χ4n) is 2.56. The molecule has 0 aromatic heterocycles. The third-order valence-corrected chi connectivity index (χ3v) is 3.79. The van der Waals surface area contributed by atoms with Gasteiger partial charge in [-0.25, -0.2) is 0 Å². The Hall–Kier alpha value is -3.21. The predicted octanol–water partition coefficient (Wildman–Crippen LogP) is 3.87. The molecule has 3 aromatic carbocycles. The summed E-state index contributed by atoms with van der Waals surface area (Å²) < 4.78 is 16.1. The highest BCUT2D eigenvalue weighted by Crippen LogP contribution is 2.29. The number of hydrogen-bond acceptors (Lipinski definition) is 4. The van der Waals surface area contributed by atoms with Crippen molar-refractivity contribution in [3.05, 3.63) is 60.7 Å². The number of methoxy groups -OCH3 is 2. The molecule has 0 radical (unpaired) electrons. The van der Waals surface area contributed by atoms with Crippen molar-refractivity contribution < 1.29 is 19.0 Å². The van der Waals surface area contributed by atoms with E-state index in [0.717, 1.165) is 10.8 Å². The van der Waals surface area contributed by atoms with Crippen LogP contribution >= 0.6 is 0 Å². The SMILES string of the molecule is COc1ccc(OC)c(NC(=O)COc2cccc3ccccc23)c1. The Balaban J connectivity index is 1.71. The molecule has 25 heavy (non-hydrogen) atoms. The second-order valence-electron chi connectivity index (χ2n) is 5.38. The van der Waals surface area contributed by atoms with E-state index in [4.69, 9.17) is 14.2 Å². The maximum Gasteiger partial charge on any atom is 0.262 e. The molecular weight excluding hydrogens is 318 g/mol. The molecular formula is C20H19NO4. The smallest absolute Gasteiger partial charge is 0.262 e. The molecule has 0 aliphatic rings. The molecule has 5 heteroatoms. The summed E-state index contributed by atoms with van der Waals surface area (Å²) >= 11 is 0. The first-order chi connectivity index (χ1) is 12.2. The maximum absolute atomic E-state index is 12.3. The first-order valence-corrected chi connectivity index (χ1v) is 7.83. The summed E-state index contributed by atoms with van der Waals surface area (Å²) in [5.74, 6) is 1.58. The number of ether oxygens (including phenoxy) is 3. The fraction of sp³-hybridized carbons (Fsp3) is 0.150. The molecule has 0 unspecified atom stereocenters. The van der Waals surface area contributed by atoms with Gasteiger partial charge in [-0.1, -0.05) is 36.4 Å². The van der Waals surface area contributed by atoms with Gasteiger partial charge in [-0.05, 0) is 23.6 Å². The zero-order valence-corrected chi connectivity index (χ0v) is 14.1. The molecule has 0 saturated heterocycles. The van der Waals surface area contributed by atoms with Gasteiger partial charge in [0.15, 0.2) is 6.61 Å². The Kier molecular flexibility index (Phi) is 5.04. The summed E-state index contributed by atoms with van der Waals surface area (Å²) in [5.41, 5.74) is 0.536. The number of rotatable bonds is 6. The van der Waals surface area contributed by atoms with Gasteiger partial charge >= 0.3 is 0 Å². The van der Waals surface area contributed by atoms with E-state index >= 15 is 0 Å². The van der Waals surface area contributed by atoms with Crippen molar-refractivity contribution in [2.45, 2.75) is 0 Å². The van der Waals surface area contributed by atoms with Crippen molar-refractivity contribution in [2.75, 3.05) is 26.1 Å². The highest BCUT2D eigenvalue weighted by atomic mass is 16.5. The van der Waals surface area contributed by atoms with E-state index in [1.54, 1.807) is 32.4 Å². The largest absolute Gasteiger partial charge is 0.497 e. The normalized spacial score (nSPS) is 10.3. The Morgan fingerprint density at radius 2 is 1.72 bits per heavy atom. The van der Waals surface area contributed by atoms with E-state index in [1.165, 1.54) is 0 Å². The van der Waals surface area contributed by atoms with Gasteiger partial charge in [-0.3, -0.25) is 4.79 Å². The summed E-state index contributed by atoms with van der Waals surface area (Å²) in [5, 5.41) is 4.82. The van der Waals surface area contributed by atoms with Gasteiger partial charge in [0, 0.05) is 11.5 Å². The summed E-state index contributed by atoms with van der Waals surface area (Å²) in [6, 6.07) is 18.8. The van der Waals surface area contributed by atoms with Gasteiger partial charge < -0.3 is 19.5 Å². The van der Waals surface area contributed by atoms with E-state index in [0.29, 0.717) is 22.9 Å². The van der Waals surface area contributed by atoms with Crippen molar-refractivity contribution >= 4 is 22.4 Å². The maximum atomic E-state index is 12.3. The highest BCUT2D eigenvalue weighted by molar-refractivity contribution is 5.94. The van der Waals surface area contributed by atoms with Gasteiger partial charge in [0.1, 0.15) is 17.2 Å². The predicted molar refractivity (Wildman–Crippen MR) is 97.6 cm³/mol. The Bertz CT molecular complexity index is 887. The van der Waals surface area contributed by atoms with E-state index in [2.05, 4.69) is 5.32 Å². The molecule has 0 bridgehead atoms. The van der Waals surface area contributed by atoms with Crippen molar-refractivity contribution in [1.29, 1.82) is 0 Å². The van der Waals surface area contributed by atoms with Crippen LogP contribution in [0, 0.1) is 0 Å². The topological polar surface area (TPSA) is 56.8 Å². The molecule has 0 saturated carbocycles. The summed E-state index contributed by atoms with van der Waals surface area (Å²) in [6.45, 7) is -0.103. The van der Waals surface area contributed by atoms with Crippen molar-refractivity contribution in [3.8, 4) is 17.2 Å². The van der Waals surface area contributed by atoms with Gasteiger partial charge in [-0.15, -0.1) is 0 Å². The fourth-order valence-corrected chi connectivity index (χ4v) is 2.56. The van der Waals surface area contributed by atoms with E-state index in [-0.39, 0.29) is 12.5 Å². The Morgan fingerprint density at radius 3 is 2.52 bits per heavy atom. The second-order valence-corrected chi connectivity index (χ2v) is 5.38. The van der Waals surface area contributed by atoms with Crippen LogP contribution < -0.4 is 19.5 Å². The van der Waals surface area contributed by atoms with Crippen LogP contribution in [0.3, 0.4) is 0 Å². The number of anilines is 1. The van der Waals surface area contributed by atoms with Gasteiger partial charge in [0.2, 0.25) is 0 Å². The van der Waals surface area contributed by atoms with Crippen LogP contribution in [0.25, 0.3) is 10.8 Å². The minimum atomic E-state index is -0.278. The zero-order chi connectivity index (χ0) is 17.6. The van der Waals surface area contributed by atoms with Crippen LogP contribution in [0.2, 0.25) is 0 Å². The zero-order valence-electron chi connectivity index (χ0n) is 14.1. The molecule has 0 spiro atoms. The molecule has 0 aliphatic heterocycles.